The summed E-state index contributed by atoms with van der Waals surface area (Å²) in [5, 5.41) is 9.03. The normalized spacial score (nSPS) is 11.1. The van der Waals surface area contributed by atoms with Crippen molar-refractivity contribution in [2.45, 2.75) is 32.6 Å². The summed E-state index contributed by atoms with van der Waals surface area (Å²) < 4.78 is 0. The predicted octanol–water partition coefficient (Wildman–Crippen LogP) is 2.59. The Labute approximate surface area is 139 Å². The summed E-state index contributed by atoms with van der Waals surface area (Å²) >= 11 is 1.46. The lowest BCUT2D eigenvalue weighted by Gasteiger charge is -2.16. The minimum absolute atomic E-state index is 0.130. The number of aromatic nitrogens is 2. The molecule has 2 amide bonds. The second-order valence-corrected chi connectivity index (χ2v) is 6.89. The molecule has 0 unspecified atom stereocenters. The zero-order chi connectivity index (χ0) is 16.9. The van der Waals surface area contributed by atoms with E-state index in [9.17, 15) is 9.59 Å². The Morgan fingerprint density at radius 2 is 1.91 bits per heavy atom. The van der Waals surface area contributed by atoms with E-state index in [2.05, 4.69) is 20.6 Å². The van der Waals surface area contributed by atoms with Crippen LogP contribution in [0, 0.1) is 0 Å². The van der Waals surface area contributed by atoms with Gasteiger partial charge in [0.1, 0.15) is 5.82 Å². The van der Waals surface area contributed by atoms with Gasteiger partial charge in [-0.2, -0.15) is 11.3 Å². The van der Waals surface area contributed by atoms with Crippen LogP contribution in [0.2, 0.25) is 0 Å². The van der Waals surface area contributed by atoms with Crippen molar-refractivity contribution < 1.29 is 9.59 Å². The Morgan fingerprint density at radius 1 is 1.22 bits per heavy atom. The molecule has 6 nitrogen and oxygen atoms in total. The van der Waals surface area contributed by atoms with Crippen LogP contribution in [0.4, 0.5) is 5.69 Å². The molecule has 0 spiro atoms. The maximum Gasteiger partial charge on any atom is 0.252 e. The first kappa shape index (κ1) is 17.1. The van der Waals surface area contributed by atoms with Gasteiger partial charge in [0.05, 0.1) is 18.1 Å². The Balaban J connectivity index is 1.77. The predicted molar refractivity (Wildman–Crippen MR) is 90.6 cm³/mol. The van der Waals surface area contributed by atoms with Crippen LogP contribution in [0.15, 0.2) is 29.2 Å². The van der Waals surface area contributed by atoms with Gasteiger partial charge in [0.25, 0.3) is 5.91 Å². The van der Waals surface area contributed by atoms with E-state index in [1.165, 1.54) is 11.3 Å². The van der Waals surface area contributed by atoms with Crippen molar-refractivity contribution in [1.82, 2.24) is 15.3 Å². The highest BCUT2D eigenvalue weighted by Gasteiger charge is 2.16. The maximum absolute atomic E-state index is 11.8. The molecule has 0 fully saturated rings. The molecule has 0 saturated heterocycles. The van der Waals surface area contributed by atoms with Crippen molar-refractivity contribution in [3.63, 3.8) is 0 Å². The maximum atomic E-state index is 11.8. The van der Waals surface area contributed by atoms with Gasteiger partial charge in [0.15, 0.2) is 0 Å². The molecule has 122 valence electrons. The van der Waals surface area contributed by atoms with E-state index in [1.54, 1.807) is 23.8 Å². The lowest BCUT2D eigenvalue weighted by Crippen LogP contribution is -2.27. The van der Waals surface area contributed by atoms with Crippen LogP contribution in [0.25, 0.3) is 0 Å². The third-order valence-electron chi connectivity index (χ3n) is 3.03. The molecule has 2 aromatic rings. The van der Waals surface area contributed by atoms with Gasteiger partial charge in [-0.15, -0.1) is 0 Å². The van der Waals surface area contributed by atoms with Crippen molar-refractivity contribution in [2.24, 2.45) is 0 Å². The zero-order valence-electron chi connectivity index (χ0n) is 13.4. The molecule has 2 heterocycles. The summed E-state index contributed by atoms with van der Waals surface area (Å²) in [6, 6.07) is 1.74. The first-order valence-electron chi connectivity index (χ1n) is 7.29. The number of rotatable bonds is 5. The molecule has 0 atom stereocenters. The van der Waals surface area contributed by atoms with E-state index in [1.807, 2.05) is 26.2 Å². The number of nitrogens with one attached hydrogen (secondary N) is 2. The van der Waals surface area contributed by atoms with Crippen molar-refractivity contribution in [2.75, 3.05) is 11.9 Å². The van der Waals surface area contributed by atoms with Crippen molar-refractivity contribution in [3.05, 3.63) is 40.6 Å². The van der Waals surface area contributed by atoms with E-state index < -0.39 is 0 Å². The van der Waals surface area contributed by atoms with Gasteiger partial charge in [0.2, 0.25) is 5.91 Å². The summed E-state index contributed by atoms with van der Waals surface area (Å²) in [5.74, 6) is 0.359. The summed E-state index contributed by atoms with van der Waals surface area (Å²) in [4.78, 5) is 32.1. The molecule has 2 aromatic heterocycles. The number of anilines is 1. The van der Waals surface area contributed by atoms with Crippen molar-refractivity contribution in [1.29, 1.82) is 0 Å². The van der Waals surface area contributed by atoms with E-state index in [0.717, 1.165) is 5.82 Å². The highest BCUT2D eigenvalue weighted by atomic mass is 32.1. The molecule has 0 aliphatic carbocycles. The molecule has 0 aliphatic heterocycles. The monoisotopic (exact) mass is 332 g/mol. The number of thiophene rings is 1. The van der Waals surface area contributed by atoms with E-state index in [4.69, 9.17) is 0 Å². The van der Waals surface area contributed by atoms with Crippen LogP contribution in [0.1, 0.15) is 43.4 Å². The van der Waals surface area contributed by atoms with Crippen LogP contribution < -0.4 is 10.6 Å². The third kappa shape index (κ3) is 5.14. The molecular formula is C16H20N4O2S. The molecule has 23 heavy (non-hydrogen) atoms. The quantitative estimate of drug-likeness (QED) is 0.881. The number of nitrogens with zero attached hydrogens (tertiary/aromatic N) is 2. The lowest BCUT2D eigenvalue weighted by molar-refractivity contribution is -0.116. The van der Waals surface area contributed by atoms with Crippen LogP contribution in [-0.4, -0.2) is 28.3 Å². The molecule has 0 saturated carbocycles. The van der Waals surface area contributed by atoms with Gasteiger partial charge in [-0.25, -0.2) is 9.97 Å². The standard InChI is InChI=1S/C16H20N4O2S/c1-16(2,3)15-18-8-12(9-19-15)20-13(21)4-6-17-14(22)11-5-7-23-10-11/h5,7-10H,4,6H2,1-3H3,(H,17,22)(H,20,21). The molecule has 7 heteroatoms. The topological polar surface area (TPSA) is 84.0 Å². The summed E-state index contributed by atoms with van der Waals surface area (Å²) in [6.45, 7) is 6.35. The zero-order valence-corrected chi connectivity index (χ0v) is 14.2. The number of carbonyl (C=O) groups is 2. The fourth-order valence-electron chi connectivity index (χ4n) is 1.79. The SMILES string of the molecule is CC(C)(C)c1ncc(NC(=O)CCNC(=O)c2ccsc2)cn1. The van der Waals surface area contributed by atoms with Gasteiger partial charge < -0.3 is 10.6 Å². The van der Waals surface area contributed by atoms with Gasteiger partial charge in [0, 0.05) is 29.3 Å². The van der Waals surface area contributed by atoms with Gasteiger partial charge in [-0.05, 0) is 11.4 Å². The second-order valence-electron chi connectivity index (χ2n) is 6.11. The Hall–Kier alpha value is -2.28. The van der Waals surface area contributed by atoms with Crippen LogP contribution in [0.5, 0.6) is 0 Å². The number of carbonyl (C=O) groups excluding carboxylic acids is 2. The molecule has 0 bridgehead atoms. The van der Waals surface area contributed by atoms with Crippen LogP contribution in [0.3, 0.4) is 0 Å². The number of hydrogen-bond donors (Lipinski definition) is 2. The van der Waals surface area contributed by atoms with Crippen molar-refractivity contribution in [3.8, 4) is 0 Å². The molecule has 2 rings (SSSR count). The van der Waals surface area contributed by atoms with E-state index >= 15 is 0 Å². The lowest BCUT2D eigenvalue weighted by atomic mass is 9.96. The molecule has 0 aliphatic rings. The largest absolute Gasteiger partial charge is 0.351 e. The summed E-state index contributed by atoms with van der Waals surface area (Å²) in [5.41, 5.74) is 1.03. The first-order valence-corrected chi connectivity index (χ1v) is 8.23. The van der Waals surface area contributed by atoms with E-state index in [0.29, 0.717) is 11.3 Å². The number of amides is 2. The Morgan fingerprint density at radius 3 is 2.48 bits per heavy atom. The minimum Gasteiger partial charge on any atom is -0.351 e. The molecular weight excluding hydrogens is 312 g/mol. The fourth-order valence-corrected chi connectivity index (χ4v) is 2.42. The first-order chi connectivity index (χ1) is 10.9. The summed E-state index contributed by atoms with van der Waals surface area (Å²) in [7, 11) is 0. The minimum atomic E-state index is -0.192. The van der Waals surface area contributed by atoms with Crippen LogP contribution in [-0.2, 0) is 10.2 Å². The second kappa shape index (κ2) is 7.32. The Kier molecular flexibility index (Phi) is 5.44. The smallest absolute Gasteiger partial charge is 0.252 e. The summed E-state index contributed by atoms with van der Waals surface area (Å²) in [6.07, 6.45) is 3.38. The highest BCUT2D eigenvalue weighted by molar-refractivity contribution is 7.08. The fraction of sp³-hybridized carbons (Fsp3) is 0.375. The van der Waals surface area contributed by atoms with Gasteiger partial charge in [-0.3, -0.25) is 9.59 Å². The van der Waals surface area contributed by atoms with Gasteiger partial charge >= 0.3 is 0 Å². The molecule has 2 N–H and O–H groups in total. The molecule has 0 radical (unpaired) electrons. The average molecular weight is 332 g/mol. The van der Waals surface area contributed by atoms with Crippen LogP contribution >= 0.6 is 11.3 Å². The number of hydrogen-bond acceptors (Lipinski definition) is 5. The van der Waals surface area contributed by atoms with Crippen molar-refractivity contribution >= 4 is 28.8 Å². The molecule has 0 aromatic carbocycles. The third-order valence-corrected chi connectivity index (χ3v) is 3.71. The highest BCUT2D eigenvalue weighted by Crippen LogP contribution is 2.18. The average Bonchev–Trinajstić information content (AvgIpc) is 3.01. The Bertz CT molecular complexity index is 660. The van der Waals surface area contributed by atoms with E-state index in [-0.39, 0.29) is 30.2 Å². The van der Waals surface area contributed by atoms with Gasteiger partial charge in [-0.1, -0.05) is 20.8 Å².